The number of ether oxygens (including phenoxy) is 1. The van der Waals surface area contributed by atoms with Crippen molar-refractivity contribution in [2.24, 2.45) is 0 Å². The molecule has 1 atom stereocenters. The number of rotatable bonds is 4. The van der Waals surface area contributed by atoms with Gasteiger partial charge in [-0.2, -0.15) is 13.2 Å². The lowest BCUT2D eigenvalue weighted by Crippen LogP contribution is -2.38. The van der Waals surface area contributed by atoms with Gasteiger partial charge in [0.25, 0.3) is 5.69 Å². The number of piperidine rings is 1. The number of halogens is 3. The Morgan fingerprint density at radius 1 is 1.38 bits per heavy atom. The van der Waals surface area contributed by atoms with E-state index in [1.54, 1.807) is 0 Å². The van der Waals surface area contributed by atoms with Gasteiger partial charge in [-0.1, -0.05) is 6.42 Å². The fourth-order valence-corrected chi connectivity index (χ4v) is 2.25. The Balaban J connectivity index is 2.11. The Hall–Kier alpha value is -1.83. The van der Waals surface area contributed by atoms with Gasteiger partial charge in [-0.05, 0) is 31.5 Å². The van der Waals surface area contributed by atoms with Gasteiger partial charge < -0.3 is 10.1 Å². The molecule has 0 aliphatic carbocycles. The third-order valence-corrected chi connectivity index (χ3v) is 3.33. The van der Waals surface area contributed by atoms with Crippen LogP contribution in [-0.2, 0) is 6.18 Å². The molecule has 1 aliphatic rings. The summed E-state index contributed by atoms with van der Waals surface area (Å²) in [6, 6.07) is 2.80. The van der Waals surface area contributed by atoms with E-state index >= 15 is 0 Å². The zero-order valence-corrected chi connectivity index (χ0v) is 11.2. The van der Waals surface area contributed by atoms with E-state index in [1.807, 2.05) is 0 Å². The SMILES string of the molecule is O=[N+]([O-])c1ccc(OCC2CCCCN2)cc1C(F)(F)F. The molecule has 1 saturated heterocycles. The van der Waals surface area contributed by atoms with Gasteiger partial charge in [0.2, 0.25) is 0 Å². The van der Waals surface area contributed by atoms with Crippen molar-refractivity contribution in [3.05, 3.63) is 33.9 Å². The Morgan fingerprint density at radius 2 is 2.14 bits per heavy atom. The Kier molecular flexibility index (Phi) is 4.66. The number of alkyl halides is 3. The molecule has 0 amide bonds. The maximum Gasteiger partial charge on any atom is 0.423 e. The van der Waals surface area contributed by atoms with Gasteiger partial charge in [0.05, 0.1) is 4.92 Å². The summed E-state index contributed by atoms with van der Waals surface area (Å²) in [6.07, 6.45) is -1.76. The summed E-state index contributed by atoms with van der Waals surface area (Å²) in [7, 11) is 0. The highest BCUT2D eigenvalue weighted by Crippen LogP contribution is 2.38. The van der Waals surface area contributed by atoms with Crippen LogP contribution in [0.15, 0.2) is 18.2 Å². The molecule has 1 aromatic carbocycles. The van der Waals surface area contributed by atoms with Crippen molar-refractivity contribution in [2.75, 3.05) is 13.2 Å². The zero-order chi connectivity index (χ0) is 15.5. The summed E-state index contributed by atoms with van der Waals surface area (Å²) < 4.78 is 43.8. The summed E-state index contributed by atoms with van der Waals surface area (Å²) >= 11 is 0. The summed E-state index contributed by atoms with van der Waals surface area (Å²) in [4.78, 5) is 9.59. The maximum absolute atomic E-state index is 12.8. The number of benzene rings is 1. The number of nitro groups is 1. The van der Waals surface area contributed by atoms with Crippen molar-refractivity contribution >= 4 is 5.69 Å². The van der Waals surface area contributed by atoms with E-state index in [0.717, 1.165) is 31.9 Å². The standard InChI is InChI=1S/C13H15F3N2O3/c14-13(15,16)11-7-10(4-5-12(11)18(19)20)21-8-9-3-1-2-6-17-9/h4-5,7,9,17H,1-3,6,8H2. The molecule has 21 heavy (non-hydrogen) atoms. The molecule has 1 N–H and O–H groups in total. The Bertz CT molecular complexity index is 514. The number of hydrogen-bond donors (Lipinski definition) is 1. The van der Waals surface area contributed by atoms with Crippen molar-refractivity contribution in [1.29, 1.82) is 0 Å². The summed E-state index contributed by atoms with van der Waals surface area (Å²) in [5.41, 5.74) is -2.26. The quantitative estimate of drug-likeness (QED) is 0.685. The minimum atomic E-state index is -4.79. The van der Waals surface area contributed by atoms with Crippen molar-refractivity contribution in [3.8, 4) is 5.75 Å². The highest BCUT2D eigenvalue weighted by Gasteiger charge is 2.38. The molecule has 0 saturated carbocycles. The van der Waals surface area contributed by atoms with E-state index in [1.165, 1.54) is 6.07 Å². The Morgan fingerprint density at radius 3 is 2.71 bits per heavy atom. The fraction of sp³-hybridized carbons (Fsp3) is 0.538. The zero-order valence-electron chi connectivity index (χ0n) is 11.2. The second-order valence-electron chi connectivity index (χ2n) is 4.89. The molecule has 1 aliphatic heterocycles. The lowest BCUT2D eigenvalue weighted by atomic mass is 10.1. The molecule has 1 aromatic rings. The predicted molar refractivity (Wildman–Crippen MR) is 69.2 cm³/mol. The van der Waals surface area contributed by atoms with E-state index in [0.29, 0.717) is 6.07 Å². The van der Waals surface area contributed by atoms with Gasteiger partial charge in [-0.15, -0.1) is 0 Å². The van der Waals surface area contributed by atoms with Crippen molar-refractivity contribution in [1.82, 2.24) is 5.32 Å². The highest BCUT2D eigenvalue weighted by atomic mass is 19.4. The Labute approximate surface area is 119 Å². The molecule has 2 rings (SSSR count). The molecule has 0 aromatic heterocycles. The van der Waals surface area contributed by atoms with Gasteiger partial charge in [0, 0.05) is 12.1 Å². The smallest absolute Gasteiger partial charge is 0.423 e. The maximum atomic E-state index is 12.8. The monoisotopic (exact) mass is 304 g/mol. The van der Waals surface area contributed by atoms with Crippen LogP contribution < -0.4 is 10.1 Å². The van der Waals surface area contributed by atoms with Crippen LogP contribution in [0, 0.1) is 10.1 Å². The molecule has 0 bridgehead atoms. The topological polar surface area (TPSA) is 64.4 Å². The molecule has 1 heterocycles. The largest absolute Gasteiger partial charge is 0.492 e. The summed E-state index contributed by atoms with van der Waals surface area (Å²) in [5.74, 6) is -0.0136. The van der Waals surface area contributed by atoms with Crippen LogP contribution in [0.4, 0.5) is 18.9 Å². The van der Waals surface area contributed by atoms with Crippen LogP contribution in [0.3, 0.4) is 0 Å². The lowest BCUT2D eigenvalue weighted by Gasteiger charge is -2.23. The minimum Gasteiger partial charge on any atom is -0.492 e. The molecular weight excluding hydrogens is 289 g/mol. The van der Waals surface area contributed by atoms with Crippen LogP contribution >= 0.6 is 0 Å². The van der Waals surface area contributed by atoms with E-state index in [4.69, 9.17) is 4.74 Å². The van der Waals surface area contributed by atoms with Crippen LogP contribution in [-0.4, -0.2) is 24.1 Å². The van der Waals surface area contributed by atoms with Gasteiger partial charge in [-0.25, -0.2) is 0 Å². The molecular formula is C13H15F3N2O3. The first-order valence-corrected chi connectivity index (χ1v) is 6.60. The molecule has 116 valence electrons. The first kappa shape index (κ1) is 15.6. The second kappa shape index (κ2) is 6.30. The molecule has 0 radical (unpaired) electrons. The number of nitro benzene ring substituents is 1. The van der Waals surface area contributed by atoms with E-state index in [9.17, 15) is 23.3 Å². The van der Waals surface area contributed by atoms with Crippen molar-refractivity contribution in [2.45, 2.75) is 31.5 Å². The fourth-order valence-electron chi connectivity index (χ4n) is 2.25. The summed E-state index contributed by atoms with van der Waals surface area (Å²) in [6.45, 7) is 1.11. The van der Waals surface area contributed by atoms with E-state index < -0.39 is 22.4 Å². The van der Waals surface area contributed by atoms with Crippen LogP contribution in [0.5, 0.6) is 5.75 Å². The molecule has 0 spiro atoms. The van der Waals surface area contributed by atoms with Crippen LogP contribution in [0.1, 0.15) is 24.8 Å². The van der Waals surface area contributed by atoms with Crippen LogP contribution in [0.25, 0.3) is 0 Å². The van der Waals surface area contributed by atoms with Crippen LogP contribution in [0.2, 0.25) is 0 Å². The lowest BCUT2D eigenvalue weighted by molar-refractivity contribution is -0.388. The van der Waals surface area contributed by atoms with Gasteiger partial charge in [0.15, 0.2) is 0 Å². The van der Waals surface area contributed by atoms with E-state index in [2.05, 4.69) is 5.32 Å². The van der Waals surface area contributed by atoms with Gasteiger partial charge in [-0.3, -0.25) is 10.1 Å². The average molecular weight is 304 g/mol. The average Bonchev–Trinajstić information content (AvgIpc) is 2.45. The molecule has 1 unspecified atom stereocenters. The first-order chi connectivity index (χ1) is 9.88. The van der Waals surface area contributed by atoms with Gasteiger partial charge in [0.1, 0.15) is 17.9 Å². The third kappa shape index (κ3) is 4.07. The predicted octanol–water partition coefficient (Wildman–Crippen LogP) is 3.13. The number of nitrogens with one attached hydrogen (secondary N) is 1. The highest BCUT2D eigenvalue weighted by molar-refractivity contribution is 5.46. The number of nitrogens with zero attached hydrogens (tertiary/aromatic N) is 1. The van der Waals surface area contributed by atoms with Crippen molar-refractivity contribution < 1.29 is 22.8 Å². The number of hydrogen-bond acceptors (Lipinski definition) is 4. The molecule has 1 fully saturated rings. The third-order valence-electron chi connectivity index (χ3n) is 3.33. The molecule has 8 heteroatoms. The van der Waals surface area contributed by atoms with E-state index in [-0.39, 0.29) is 18.4 Å². The summed E-state index contributed by atoms with van der Waals surface area (Å²) in [5, 5.41) is 13.8. The normalized spacial score (nSPS) is 19.3. The van der Waals surface area contributed by atoms with Gasteiger partial charge >= 0.3 is 6.18 Å². The van der Waals surface area contributed by atoms with Crippen molar-refractivity contribution in [3.63, 3.8) is 0 Å². The second-order valence-corrected chi connectivity index (χ2v) is 4.89. The first-order valence-electron chi connectivity index (χ1n) is 6.60. The minimum absolute atomic E-state index is 0.0136. The molecule has 5 nitrogen and oxygen atoms in total.